The van der Waals surface area contributed by atoms with E-state index in [4.69, 9.17) is 0 Å². The minimum Gasteiger partial charge on any atom is -0.324 e. The first kappa shape index (κ1) is 15.1. The van der Waals surface area contributed by atoms with Crippen molar-refractivity contribution in [1.82, 2.24) is 15.8 Å². The van der Waals surface area contributed by atoms with Crippen LogP contribution in [0.25, 0.3) is 0 Å². The van der Waals surface area contributed by atoms with E-state index in [0.29, 0.717) is 6.42 Å². The number of aromatic nitrogens is 1. The van der Waals surface area contributed by atoms with Gasteiger partial charge in [-0.1, -0.05) is 6.07 Å². The second-order valence-corrected chi connectivity index (χ2v) is 6.24. The first-order valence-corrected chi connectivity index (χ1v) is 7.91. The number of hydrogen-bond acceptors (Lipinski definition) is 4. The summed E-state index contributed by atoms with van der Waals surface area (Å²) in [6, 6.07) is 9.61. The summed E-state index contributed by atoms with van der Waals surface area (Å²) >= 11 is 3.48. The molecule has 22 heavy (non-hydrogen) atoms. The van der Waals surface area contributed by atoms with Crippen LogP contribution in [0.1, 0.15) is 23.6 Å². The van der Waals surface area contributed by atoms with Gasteiger partial charge in [-0.2, -0.15) is 0 Å². The van der Waals surface area contributed by atoms with E-state index in [9.17, 15) is 4.79 Å². The van der Waals surface area contributed by atoms with Gasteiger partial charge in [-0.3, -0.25) is 9.78 Å². The summed E-state index contributed by atoms with van der Waals surface area (Å²) in [5.74, 6) is -0.0476. The van der Waals surface area contributed by atoms with E-state index < -0.39 is 0 Å². The van der Waals surface area contributed by atoms with Gasteiger partial charge in [0.05, 0.1) is 5.69 Å². The SMILES string of the molecule is Cc1ccc(NC(=O)C2CC(c3ccncc3)NN2)c(Br)c1. The fraction of sp³-hybridized carbons (Fsp3) is 0.250. The number of hydrogen-bond donors (Lipinski definition) is 3. The fourth-order valence-corrected chi connectivity index (χ4v) is 3.08. The molecular weight excluding hydrogens is 344 g/mol. The number of aryl methyl sites for hydroxylation is 1. The van der Waals surface area contributed by atoms with Crippen molar-refractivity contribution in [3.63, 3.8) is 0 Å². The minimum atomic E-state index is -0.272. The Kier molecular flexibility index (Phi) is 4.52. The predicted octanol–water partition coefficient (Wildman–Crippen LogP) is 2.70. The van der Waals surface area contributed by atoms with Crippen LogP contribution in [0, 0.1) is 6.92 Å². The average molecular weight is 361 g/mol. The molecule has 1 fully saturated rings. The van der Waals surface area contributed by atoms with Crippen molar-refractivity contribution >= 4 is 27.5 Å². The van der Waals surface area contributed by atoms with Gasteiger partial charge in [0.25, 0.3) is 0 Å². The smallest absolute Gasteiger partial charge is 0.242 e. The molecule has 1 aliphatic rings. The van der Waals surface area contributed by atoms with Gasteiger partial charge >= 0.3 is 0 Å². The Hall–Kier alpha value is -1.76. The molecule has 0 spiro atoms. The van der Waals surface area contributed by atoms with Crippen molar-refractivity contribution in [2.45, 2.75) is 25.4 Å². The summed E-state index contributed by atoms with van der Waals surface area (Å²) in [6.45, 7) is 2.01. The number of hydrazine groups is 1. The van der Waals surface area contributed by atoms with Gasteiger partial charge < -0.3 is 5.32 Å². The van der Waals surface area contributed by atoms with E-state index in [1.807, 2.05) is 37.3 Å². The van der Waals surface area contributed by atoms with E-state index in [1.54, 1.807) is 12.4 Å². The first-order chi connectivity index (χ1) is 10.6. The zero-order valence-electron chi connectivity index (χ0n) is 12.1. The molecule has 5 nitrogen and oxygen atoms in total. The fourth-order valence-electron chi connectivity index (χ4n) is 2.48. The highest BCUT2D eigenvalue weighted by atomic mass is 79.9. The molecule has 1 amide bonds. The number of nitrogens with zero attached hydrogens (tertiary/aromatic N) is 1. The van der Waals surface area contributed by atoms with Crippen molar-refractivity contribution in [1.29, 1.82) is 0 Å². The number of carbonyl (C=O) groups excluding carboxylic acids is 1. The number of carbonyl (C=O) groups is 1. The predicted molar refractivity (Wildman–Crippen MR) is 89.2 cm³/mol. The lowest BCUT2D eigenvalue weighted by atomic mass is 10.0. The molecule has 2 unspecified atom stereocenters. The molecule has 1 saturated heterocycles. The van der Waals surface area contributed by atoms with E-state index in [2.05, 4.69) is 37.1 Å². The summed E-state index contributed by atoms with van der Waals surface area (Å²) in [5, 5.41) is 2.95. The van der Waals surface area contributed by atoms with Gasteiger partial charge in [-0.15, -0.1) is 0 Å². The summed E-state index contributed by atoms with van der Waals surface area (Å²) in [5.41, 5.74) is 9.27. The number of nitrogens with one attached hydrogen (secondary N) is 3. The molecule has 0 saturated carbocycles. The van der Waals surface area contributed by atoms with Gasteiger partial charge in [0.15, 0.2) is 0 Å². The van der Waals surface area contributed by atoms with Gasteiger partial charge in [0.1, 0.15) is 6.04 Å². The Morgan fingerprint density at radius 3 is 2.77 bits per heavy atom. The lowest BCUT2D eigenvalue weighted by molar-refractivity contribution is -0.117. The largest absolute Gasteiger partial charge is 0.324 e. The van der Waals surface area contributed by atoms with Gasteiger partial charge in [0.2, 0.25) is 5.91 Å². The molecule has 6 heteroatoms. The van der Waals surface area contributed by atoms with Crippen molar-refractivity contribution in [2.75, 3.05) is 5.32 Å². The second kappa shape index (κ2) is 6.56. The molecule has 3 rings (SSSR count). The first-order valence-electron chi connectivity index (χ1n) is 7.11. The van der Waals surface area contributed by atoms with Crippen LogP contribution in [0.4, 0.5) is 5.69 Å². The van der Waals surface area contributed by atoms with Crippen molar-refractivity contribution in [3.8, 4) is 0 Å². The molecule has 2 heterocycles. The van der Waals surface area contributed by atoms with Crippen LogP contribution in [-0.2, 0) is 4.79 Å². The molecule has 2 aromatic rings. The number of rotatable bonds is 3. The average Bonchev–Trinajstić information content (AvgIpc) is 3.01. The maximum Gasteiger partial charge on any atom is 0.242 e. The van der Waals surface area contributed by atoms with Gasteiger partial charge in [-0.05, 0) is 64.7 Å². The van der Waals surface area contributed by atoms with Crippen LogP contribution in [0.15, 0.2) is 47.2 Å². The maximum atomic E-state index is 12.4. The molecule has 0 bridgehead atoms. The summed E-state index contributed by atoms with van der Waals surface area (Å²) in [4.78, 5) is 16.4. The molecule has 0 aliphatic carbocycles. The highest BCUT2D eigenvalue weighted by molar-refractivity contribution is 9.10. The van der Waals surface area contributed by atoms with Crippen molar-refractivity contribution < 1.29 is 4.79 Å². The summed E-state index contributed by atoms with van der Waals surface area (Å²) in [6.07, 6.45) is 4.21. The van der Waals surface area contributed by atoms with Crippen LogP contribution in [-0.4, -0.2) is 16.9 Å². The van der Waals surface area contributed by atoms with E-state index in [1.165, 1.54) is 0 Å². The maximum absolute atomic E-state index is 12.4. The third kappa shape index (κ3) is 3.35. The summed E-state index contributed by atoms with van der Waals surface area (Å²) < 4.78 is 0.887. The van der Waals surface area contributed by atoms with Crippen LogP contribution < -0.4 is 16.2 Å². The van der Waals surface area contributed by atoms with Crippen LogP contribution in [0.5, 0.6) is 0 Å². The van der Waals surface area contributed by atoms with Crippen LogP contribution >= 0.6 is 15.9 Å². The Morgan fingerprint density at radius 1 is 1.27 bits per heavy atom. The normalized spacial score (nSPS) is 20.8. The number of benzene rings is 1. The van der Waals surface area contributed by atoms with E-state index >= 15 is 0 Å². The Balaban J connectivity index is 1.64. The van der Waals surface area contributed by atoms with Gasteiger partial charge in [-0.25, -0.2) is 10.9 Å². The zero-order chi connectivity index (χ0) is 15.5. The van der Waals surface area contributed by atoms with E-state index in [-0.39, 0.29) is 18.0 Å². The molecule has 1 aromatic heterocycles. The number of anilines is 1. The highest BCUT2D eigenvalue weighted by Gasteiger charge is 2.30. The Labute approximate surface area is 137 Å². The van der Waals surface area contributed by atoms with Crippen LogP contribution in [0.2, 0.25) is 0 Å². The molecule has 3 N–H and O–H groups in total. The lowest BCUT2D eigenvalue weighted by Crippen LogP contribution is -2.39. The second-order valence-electron chi connectivity index (χ2n) is 5.38. The van der Waals surface area contributed by atoms with E-state index in [0.717, 1.165) is 21.3 Å². The molecule has 2 atom stereocenters. The van der Waals surface area contributed by atoms with Crippen LogP contribution in [0.3, 0.4) is 0 Å². The Bertz CT molecular complexity index is 677. The molecule has 0 radical (unpaired) electrons. The third-order valence-electron chi connectivity index (χ3n) is 3.71. The molecule has 114 valence electrons. The summed E-state index contributed by atoms with van der Waals surface area (Å²) in [7, 11) is 0. The standard InChI is InChI=1S/C16H17BrN4O/c1-10-2-3-13(12(17)8-10)19-16(22)15-9-14(20-21-15)11-4-6-18-7-5-11/h2-8,14-15,20-21H,9H2,1H3,(H,19,22). The molecular formula is C16H17BrN4O. The Morgan fingerprint density at radius 2 is 2.05 bits per heavy atom. The number of halogens is 1. The van der Waals surface area contributed by atoms with Gasteiger partial charge in [0, 0.05) is 22.9 Å². The monoisotopic (exact) mass is 360 g/mol. The minimum absolute atomic E-state index is 0.0476. The quantitative estimate of drug-likeness (QED) is 0.787. The van der Waals surface area contributed by atoms with Crippen molar-refractivity contribution in [2.24, 2.45) is 0 Å². The molecule has 1 aliphatic heterocycles. The van der Waals surface area contributed by atoms with Crippen molar-refractivity contribution in [3.05, 3.63) is 58.3 Å². The third-order valence-corrected chi connectivity index (χ3v) is 4.37. The topological polar surface area (TPSA) is 66.0 Å². The number of amides is 1. The zero-order valence-corrected chi connectivity index (χ0v) is 13.7. The highest BCUT2D eigenvalue weighted by Crippen LogP contribution is 2.25. The lowest BCUT2D eigenvalue weighted by Gasteiger charge is -2.12. The molecule has 1 aromatic carbocycles. The number of pyridine rings is 1.